The molecule has 0 amide bonds. The first kappa shape index (κ1) is 9.36. The normalized spacial score (nSPS) is 10.8. The minimum absolute atomic E-state index is 0.520. The number of rotatable bonds is 1. The molecule has 0 fully saturated rings. The molecule has 3 aromatic rings. The van der Waals surface area contributed by atoms with Crippen LogP contribution in [0.5, 0.6) is 0 Å². The molecule has 0 aromatic carbocycles. The zero-order valence-electron chi connectivity index (χ0n) is 8.34. The predicted molar refractivity (Wildman–Crippen MR) is 63.4 cm³/mol. The van der Waals surface area contributed by atoms with E-state index in [0.29, 0.717) is 5.15 Å². The summed E-state index contributed by atoms with van der Waals surface area (Å²) in [6, 6.07) is 9.80. The van der Waals surface area contributed by atoms with Crippen molar-refractivity contribution >= 4 is 17.1 Å². The summed E-state index contributed by atoms with van der Waals surface area (Å²) in [5, 5.41) is 4.66. The second-order valence-electron chi connectivity index (χ2n) is 3.46. The molecule has 3 rings (SSSR count). The largest absolute Gasteiger partial charge is 0.244 e. The molecule has 0 unspecified atom stereocenters. The maximum Gasteiger partial charge on any atom is 0.136 e. The summed E-state index contributed by atoms with van der Waals surface area (Å²) in [4.78, 5) is 4.07. The van der Waals surface area contributed by atoms with Gasteiger partial charge < -0.3 is 0 Å². The summed E-state index contributed by atoms with van der Waals surface area (Å²) < 4.78 is 1.81. The Morgan fingerprint density at radius 3 is 2.94 bits per heavy atom. The summed E-state index contributed by atoms with van der Waals surface area (Å²) in [6.45, 7) is 0. The number of hydrogen-bond acceptors (Lipinski definition) is 2. The van der Waals surface area contributed by atoms with E-state index in [2.05, 4.69) is 10.1 Å². The van der Waals surface area contributed by atoms with Gasteiger partial charge in [0.2, 0.25) is 0 Å². The van der Waals surface area contributed by atoms with Crippen LogP contribution in [-0.2, 0) is 0 Å². The van der Waals surface area contributed by atoms with Crippen LogP contribution in [0.3, 0.4) is 0 Å². The highest BCUT2D eigenvalue weighted by atomic mass is 35.5. The number of pyridine rings is 2. The smallest absolute Gasteiger partial charge is 0.136 e. The van der Waals surface area contributed by atoms with Crippen LogP contribution in [0.4, 0.5) is 0 Å². The summed E-state index contributed by atoms with van der Waals surface area (Å²) >= 11 is 6.05. The van der Waals surface area contributed by atoms with Gasteiger partial charge in [0.15, 0.2) is 0 Å². The van der Waals surface area contributed by atoms with Gasteiger partial charge in [-0.05, 0) is 35.9 Å². The SMILES string of the molecule is Clc1ncccc1-c1ccn2nccc2c1. The molecular weight excluding hydrogens is 222 g/mol. The average molecular weight is 230 g/mol. The molecule has 78 valence electrons. The van der Waals surface area contributed by atoms with Crippen molar-refractivity contribution in [1.82, 2.24) is 14.6 Å². The van der Waals surface area contributed by atoms with Gasteiger partial charge in [-0.25, -0.2) is 9.50 Å². The number of aromatic nitrogens is 3. The fraction of sp³-hybridized carbons (Fsp3) is 0. The molecule has 0 aliphatic heterocycles. The molecule has 0 aliphatic carbocycles. The first-order chi connectivity index (χ1) is 7.84. The van der Waals surface area contributed by atoms with Gasteiger partial charge in [0.25, 0.3) is 0 Å². The Morgan fingerprint density at radius 2 is 2.06 bits per heavy atom. The molecule has 3 heterocycles. The van der Waals surface area contributed by atoms with E-state index in [-0.39, 0.29) is 0 Å². The van der Waals surface area contributed by atoms with Crippen LogP contribution < -0.4 is 0 Å². The van der Waals surface area contributed by atoms with E-state index in [9.17, 15) is 0 Å². The van der Waals surface area contributed by atoms with Crippen molar-refractivity contribution in [2.75, 3.05) is 0 Å². The van der Waals surface area contributed by atoms with Gasteiger partial charge in [0, 0.05) is 24.2 Å². The molecule has 0 saturated heterocycles. The number of halogens is 1. The second kappa shape index (κ2) is 3.61. The van der Waals surface area contributed by atoms with E-state index in [0.717, 1.165) is 16.6 Å². The summed E-state index contributed by atoms with van der Waals surface area (Å²) in [7, 11) is 0. The Kier molecular flexibility index (Phi) is 2.11. The van der Waals surface area contributed by atoms with Crippen LogP contribution in [0.25, 0.3) is 16.6 Å². The van der Waals surface area contributed by atoms with Gasteiger partial charge in [0.1, 0.15) is 5.15 Å². The van der Waals surface area contributed by atoms with Crippen molar-refractivity contribution in [1.29, 1.82) is 0 Å². The highest BCUT2D eigenvalue weighted by Crippen LogP contribution is 2.26. The van der Waals surface area contributed by atoms with Gasteiger partial charge in [0.05, 0.1) is 5.52 Å². The zero-order chi connectivity index (χ0) is 11.0. The molecule has 0 saturated carbocycles. The van der Waals surface area contributed by atoms with Gasteiger partial charge in [-0.2, -0.15) is 5.10 Å². The monoisotopic (exact) mass is 229 g/mol. The lowest BCUT2D eigenvalue weighted by Gasteiger charge is -2.03. The Labute approximate surface area is 97.3 Å². The standard InChI is InChI=1S/C12H8ClN3/c13-12-11(2-1-5-14-12)9-4-7-16-10(8-9)3-6-15-16/h1-8H. The molecule has 0 aliphatic rings. The number of hydrogen-bond donors (Lipinski definition) is 0. The molecule has 0 N–H and O–H groups in total. The van der Waals surface area contributed by atoms with E-state index >= 15 is 0 Å². The van der Waals surface area contributed by atoms with Crippen molar-refractivity contribution in [2.45, 2.75) is 0 Å². The van der Waals surface area contributed by atoms with Crippen LogP contribution in [-0.4, -0.2) is 14.6 Å². The summed E-state index contributed by atoms with van der Waals surface area (Å²) in [5.74, 6) is 0. The van der Waals surface area contributed by atoms with Gasteiger partial charge in [-0.1, -0.05) is 11.6 Å². The van der Waals surface area contributed by atoms with Crippen molar-refractivity contribution in [2.24, 2.45) is 0 Å². The first-order valence-electron chi connectivity index (χ1n) is 4.89. The third-order valence-electron chi connectivity index (χ3n) is 2.47. The van der Waals surface area contributed by atoms with Gasteiger partial charge >= 0.3 is 0 Å². The fourth-order valence-corrected chi connectivity index (χ4v) is 1.92. The fourth-order valence-electron chi connectivity index (χ4n) is 1.69. The Bertz CT molecular complexity index is 645. The molecule has 3 aromatic heterocycles. The Morgan fingerprint density at radius 1 is 1.12 bits per heavy atom. The lowest BCUT2D eigenvalue weighted by atomic mass is 10.1. The minimum atomic E-state index is 0.520. The van der Waals surface area contributed by atoms with E-state index in [4.69, 9.17) is 11.6 Å². The van der Waals surface area contributed by atoms with Crippen LogP contribution in [0.2, 0.25) is 5.15 Å². The van der Waals surface area contributed by atoms with Crippen LogP contribution in [0, 0.1) is 0 Å². The molecule has 16 heavy (non-hydrogen) atoms. The molecule has 0 radical (unpaired) electrons. The Hall–Kier alpha value is -1.87. The van der Waals surface area contributed by atoms with E-state index in [1.54, 1.807) is 12.4 Å². The third-order valence-corrected chi connectivity index (χ3v) is 2.77. The van der Waals surface area contributed by atoms with Crippen LogP contribution in [0.15, 0.2) is 48.9 Å². The third kappa shape index (κ3) is 1.46. The van der Waals surface area contributed by atoms with Gasteiger partial charge in [-0.3, -0.25) is 0 Å². The van der Waals surface area contributed by atoms with Crippen LogP contribution >= 0.6 is 11.6 Å². The van der Waals surface area contributed by atoms with Crippen molar-refractivity contribution in [3.63, 3.8) is 0 Å². The van der Waals surface area contributed by atoms with E-state index < -0.39 is 0 Å². The molecular formula is C12H8ClN3. The molecule has 0 atom stereocenters. The summed E-state index contributed by atoms with van der Waals surface area (Å²) in [6.07, 6.45) is 5.36. The van der Waals surface area contributed by atoms with Crippen LogP contribution in [0.1, 0.15) is 0 Å². The highest BCUT2D eigenvalue weighted by Gasteiger charge is 2.04. The zero-order valence-corrected chi connectivity index (χ0v) is 9.09. The number of nitrogens with zero attached hydrogens (tertiary/aromatic N) is 3. The molecule has 0 spiro atoms. The quantitative estimate of drug-likeness (QED) is 0.601. The summed E-state index contributed by atoms with van der Waals surface area (Å²) in [5.41, 5.74) is 3.02. The first-order valence-corrected chi connectivity index (χ1v) is 5.27. The van der Waals surface area contributed by atoms with Gasteiger partial charge in [-0.15, -0.1) is 0 Å². The average Bonchev–Trinajstić information content (AvgIpc) is 2.76. The predicted octanol–water partition coefficient (Wildman–Crippen LogP) is 3.05. The lowest BCUT2D eigenvalue weighted by molar-refractivity contribution is 0.962. The van der Waals surface area contributed by atoms with E-state index in [1.807, 2.05) is 41.0 Å². The Balaban J connectivity index is 2.22. The highest BCUT2D eigenvalue weighted by molar-refractivity contribution is 6.32. The second-order valence-corrected chi connectivity index (χ2v) is 3.82. The van der Waals surface area contributed by atoms with Crippen molar-refractivity contribution in [3.05, 3.63) is 54.1 Å². The van der Waals surface area contributed by atoms with E-state index in [1.165, 1.54) is 0 Å². The lowest BCUT2D eigenvalue weighted by Crippen LogP contribution is -1.87. The molecule has 0 bridgehead atoms. The molecule has 3 nitrogen and oxygen atoms in total. The van der Waals surface area contributed by atoms with Crippen molar-refractivity contribution < 1.29 is 0 Å². The molecule has 4 heteroatoms. The number of fused-ring (bicyclic) bond motifs is 1. The maximum atomic E-state index is 6.05. The topological polar surface area (TPSA) is 30.2 Å². The van der Waals surface area contributed by atoms with Crippen molar-refractivity contribution in [3.8, 4) is 11.1 Å². The maximum absolute atomic E-state index is 6.05. The minimum Gasteiger partial charge on any atom is -0.244 e.